The number of hydrogen-bond acceptors (Lipinski definition) is 2. The Kier molecular flexibility index (Phi) is 5.91. The van der Waals surface area contributed by atoms with Gasteiger partial charge in [0.1, 0.15) is 0 Å². The van der Waals surface area contributed by atoms with Crippen LogP contribution in [0.5, 0.6) is 0 Å². The lowest BCUT2D eigenvalue weighted by Gasteiger charge is -2.13. The molecule has 222 valence electrons. The molecule has 2 nitrogen and oxygen atoms in total. The maximum absolute atomic E-state index is 5.30. The van der Waals surface area contributed by atoms with E-state index in [1.165, 1.54) is 37.9 Å². The van der Waals surface area contributed by atoms with E-state index >= 15 is 0 Å². The van der Waals surface area contributed by atoms with Gasteiger partial charge in [-0.1, -0.05) is 133 Å². The number of aromatic nitrogens is 2. The summed E-state index contributed by atoms with van der Waals surface area (Å²) in [5.74, 6) is 0. The highest BCUT2D eigenvalue weighted by atomic mass is 14.7. The summed E-state index contributed by atoms with van der Waals surface area (Å²) in [5, 5.41) is 12.0. The molecule has 0 aliphatic rings. The molecule has 10 rings (SSSR count). The molecule has 0 aliphatic heterocycles. The number of nitrogens with zero attached hydrogens (tertiary/aromatic N) is 2. The van der Waals surface area contributed by atoms with Gasteiger partial charge in [0.15, 0.2) is 0 Å². The van der Waals surface area contributed by atoms with E-state index in [1.54, 1.807) is 0 Å². The molecule has 0 atom stereocenters. The van der Waals surface area contributed by atoms with E-state index in [9.17, 15) is 0 Å². The maximum Gasteiger partial charge on any atom is 0.0787 e. The molecular formula is C46H28N2. The molecule has 0 fully saturated rings. The first-order valence-electron chi connectivity index (χ1n) is 16.4. The number of benzene rings is 8. The highest BCUT2D eigenvalue weighted by molar-refractivity contribution is 6.09. The summed E-state index contributed by atoms with van der Waals surface area (Å²) in [6, 6.07) is 61.0. The first-order chi connectivity index (χ1) is 23.7. The lowest BCUT2D eigenvalue weighted by atomic mass is 9.93. The Balaban J connectivity index is 1.22. The van der Waals surface area contributed by atoms with Crippen molar-refractivity contribution in [2.75, 3.05) is 0 Å². The van der Waals surface area contributed by atoms with Gasteiger partial charge >= 0.3 is 0 Å². The third-order valence-electron chi connectivity index (χ3n) is 9.77. The fourth-order valence-electron chi connectivity index (χ4n) is 7.31. The molecule has 0 bridgehead atoms. The van der Waals surface area contributed by atoms with E-state index < -0.39 is 0 Å². The monoisotopic (exact) mass is 608 g/mol. The second-order valence-electron chi connectivity index (χ2n) is 12.6. The van der Waals surface area contributed by atoms with Crippen LogP contribution in [0.2, 0.25) is 0 Å². The van der Waals surface area contributed by atoms with Crippen molar-refractivity contribution in [1.29, 1.82) is 0 Å². The van der Waals surface area contributed by atoms with Crippen molar-refractivity contribution in [2.24, 2.45) is 0 Å². The lowest BCUT2D eigenvalue weighted by molar-refractivity contribution is 1.39. The minimum absolute atomic E-state index is 0.944. The Labute approximate surface area is 277 Å². The smallest absolute Gasteiger partial charge is 0.0787 e. The highest BCUT2D eigenvalue weighted by Gasteiger charge is 2.13. The van der Waals surface area contributed by atoms with Gasteiger partial charge in [-0.2, -0.15) is 0 Å². The predicted octanol–water partition coefficient (Wildman–Crippen LogP) is 12.4. The zero-order valence-corrected chi connectivity index (χ0v) is 26.1. The highest BCUT2D eigenvalue weighted by Crippen LogP contribution is 2.37. The average molecular weight is 609 g/mol. The van der Waals surface area contributed by atoms with Gasteiger partial charge in [0.25, 0.3) is 0 Å². The SMILES string of the molecule is c1ccc2c(c1)ccc1ccc(-c3cc(-c4ccc5ccc6ccccc6c5n4)cc(-c4ccc5ccc6ccccc6c5n4)c3)cc12. The van der Waals surface area contributed by atoms with E-state index in [0.29, 0.717) is 0 Å². The zero-order valence-electron chi connectivity index (χ0n) is 26.1. The average Bonchev–Trinajstić information content (AvgIpc) is 3.17. The topological polar surface area (TPSA) is 25.8 Å². The van der Waals surface area contributed by atoms with E-state index in [-0.39, 0.29) is 0 Å². The third kappa shape index (κ3) is 4.35. The van der Waals surface area contributed by atoms with Gasteiger partial charge in [-0.05, 0) is 79.8 Å². The fourth-order valence-corrected chi connectivity index (χ4v) is 7.31. The molecule has 0 spiro atoms. The summed E-state index contributed by atoms with van der Waals surface area (Å²) in [6.45, 7) is 0. The summed E-state index contributed by atoms with van der Waals surface area (Å²) in [7, 11) is 0. The van der Waals surface area contributed by atoms with Crippen LogP contribution in [-0.2, 0) is 0 Å². The van der Waals surface area contributed by atoms with Crippen molar-refractivity contribution in [1.82, 2.24) is 9.97 Å². The summed E-state index contributed by atoms with van der Waals surface area (Å²) in [5.41, 5.74) is 8.36. The standard InChI is InChI=1S/C46H28N2/c1-4-10-39-29(7-1)13-14-32-17-20-35(28-42(32)39)36-25-37(43-23-21-33-18-15-30-8-2-5-11-40(30)45(33)47-43)27-38(26-36)44-24-22-34-19-16-31-9-3-6-12-41(31)46(34)48-44/h1-28H. The summed E-state index contributed by atoms with van der Waals surface area (Å²) in [4.78, 5) is 10.6. The third-order valence-corrected chi connectivity index (χ3v) is 9.77. The number of pyridine rings is 2. The van der Waals surface area contributed by atoms with E-state index in [1.807, 2.05) is 0 Å². The van der Waals surface area contributed by atoms with Crippen LogP contribution in [0.15, 0.2) is 170 Å². The zero-order chi connectivity index (χ0) is 31.6. The van der Waals surface area contributed by atoms with Crippen LogP contribution in [0.1, 0.15) is 0 Å². The Hall–Kier alpha value is -6.38. The quantitative estimate of drug-likeness (QED) is 0.187. The molecule has 2 heteroatoms. The Bertz CT molecular complexity index is 2570. The number of rotatable bonds is 3. The molecule has 0 radical (unpaired) electrons. The Morgan fingerprint density at radius 2 is 0.646 bits per heavy atom. The van der Waals surface area contributed by atoms with Crippen molar-refractivity contribution in [2.45, 2.75) is 0 Å². The second kappa shape index (κ2) is 10.6. The summed E-state index contributed by atoms with van der Waals surface area (Å²) in [6.07, 6.45) is 0. The van der Waals surface area contributed by atoms with Crippen LogP contribution in [0.4, 0.5) is 0 Å². The van der Waals surface area contributed by atoms with Gasteiger partial charge in [0.05, 0.1) is 22.4 Å². The Morgan fingerprint density at radius 3 is 1.21 bits per heavy atom. The van der Waals surface area contributed by atoms with Gasteiger partial charge < -0.3 is 0 Å². The van der Waals surface area contributed by atoms with Gasteiger partial charge in [0.2, 0.25) is 0 Å². The molecule has 0 N–H and O–H groups in total. The normalized spacial score (nSPS) is 11.8. The molecule has 48 heavy (non-hydrogen) atoms. The Morgan fingerprint density at radius 1 is 0.250 bits per heavy atom. The molecule has 10 aromatic rings. The molecule has 2 aromatic heterocycles. The van der Waals surface area contributed by atoms with E-state index in [2.05, 4.69) is 170 Å². The maximum atomic E-state index is 5.30. The largest absolute Gasteiger partial charge is 0.247 e. The van der Waals surface area contributed by atoms with Crippen molar-refractivity contribution < 1.29 is 0 Å². The molecule has 0 saturated heterocycles. The van der Waals surface area contributed by atoms with Crippen LogP contribution in [0, 0.1) is 0 Å². The van der Waals surface area contributed by atoms with Crippen LogP contribution in [0.25, 0.3) is 98.5 Å². The van der Waals surface area contributed by atoms with Crippen LogP contribution >= 0.6 is 0 Å². The molecule has 0 amide bonds. The molecule has 8 aromatic carbocycles. The van der Waals surface area contributed by atoms with E-state index in [0.717, 1.165) is 60.7 Å². The van der Waals surface area contributed by atoms with Gasteiger partial charge in [0, 0.05) is 32.7 Å². The second-order valence-corrected chi connectivity index (χ2v) is 12.6. The first kappa shape index (κ1) is 26.8. The fraction of sp³-hybridized carbons (Fsp3) is 0. The van der Waals surface area contributed by atoms with Crippen LogP contribution in [-0.4, -0.2) is 9.97 Å². The van der Waals surface area contributed by atoms with Crippen molar-refractivity contribution in [3.05, 3.63) is 170 Å². The first-order valence-corrected chi connectivity index (χ1v) is 16.4. The predicted molar refractivity (Wildman–Crippen MR) is 203 cm³/mol. The van der Waals surface area contributed by atoms with Crippen molar-refractivity contribution >= 4 is 64.9 Å². The molecule has 2 heterocycles. The summed E-state index contributed by atoms with van der Waals surface area (Å²) < 4.78 is 0. The lowest BCUT2D eigenvalue weighted by Crippen LogP contribution is -1.92. The van der Waals surface area contributed by atoms with Gasteiger partial charge in [-0.15, -0.1) is 0 Å². The van der Waals surface area contributed by atoms with Crippen molar-refractivity contribution in [3.63, 3.8) is 0 Å². The number of hydrogen-bond donors (Lipinski definition) is 0. The van der Waals surface area contributed by atoms with Crippen molar-refractivity contribution in [3.8, 4) is 33.6 Å². The van der Waals surface area contributed by atoms with Gasteiger partial charge in [-0.25, -0.2) is 9.97 Å². The van der Waals surface area contributed by atoms with Gasteiger partial charge in [-0.3, -0.25) is 0 Å². The minimum atomic E-state index is 0.944. The molecule has 0 unspecified atom stereocenters. The van der Waals surface area contributed by atoms with Crippen LogP contribution < -0.4 is 0 Å². The molecular weight excluding hydrogens is 581 g/mol. The van der Waals surface area contributed by atoms with Crippen LogP contribution in [0.3, 0.4) is 0 Å². The number of fused-ring (bicyclic) bond motifs is 9. The van der Waals surface area contributed by atoms with E-state index in [4.69, 9.17) is 9.97 Å². The molecule has 0 saturated carbocycles. The summed E-state index contributed by atoms with van der Waals surface area (Å²) >= 11 is 0. The minimum Gasteiger partial charge on any atom is -0.247 e. The molecule has 0 aliphatic carbocycles.